The molecule has 1 aromatic rings. The van der Waals surface area contributed by atoms with E-state index < -0.39 is 0 Å². The maximum absolute atomic E-state index is 12.3. The first-order valence-corrected chi connectivity index (χ1v) is 7.85. The molecule has 1 N–H and O–H groups in total. The largest absolute Gasteiger partial charge is 0.484 e. The molecule has 0 bridgehead atoms. The van der Waals surface area contributed by atoms with Gasteiger partial charge in [-0.15, -0.1) is 0 Å². The van der Waals surface area contributed by atoms with Gasteiger partial charge in [0, 0.05) is 25.3 Å². The Balaban J connectivity index is 1.89. The predicted octanol–water partition coefficient (Wildman–Crippen LogP) is 3.14. The van der Waals surface area contributed by atoms with Crippen molar-refractivity contribution in [2.24, 2.45) is 0 Å². The number of carbonyl (C=O) groups is 1. The number of aliphatic hydroxyl groups excluding tert-OH is 1. The Hall–Kier alpha value is -0.970. The molecular weight excluding hydrogens is 313 g/mol. The lowest BCUT2D eigenvalue weighted by Gasteiger charge is -2.37. The quantitative estimate of drug-likeness (QED) is 0.835. The Kier molecular flexibility index (Phi) is 6.15. The monoisotopic (exact) mass is 331 g/mol. The fourth-order valence-electron chi connectivity index (χ4n) is 2.24. The van der Waals surface area contributed by atoms with Crippen LogP contribution < -0.4 is 4.74 Å². The van der Waals surface area contributed by atoms with E-state index in [-0.39, 0.29) is 19.1 Å². The van der Waals surface area contributed by atoms with E-state index in [1.54, 1.807) is 18.2 Å². The minimum absolute atomic E-state index is 0.0279. The Morgan fingerprint density at radius 1 is 1.33 bits per heavy atom. The second kappa shape index (κ2) is 7.87. The number of halogens is 2. The van der Waals surface area contributed by atoms with Crippen LogP contribution in [0.1, 0.15) is 25.7 Å². The van der Waals surface area contributed by atoms with Crippen LogP contribution in [0, 0.1) is 0 Å². The lowest BCUT2D eigenvalue weighted by atomic mass is 9.91. The van der Waals surface area contributed by atoms with E-state index in [1.807, 2.05) is 4.90 Å². The summed E-state index contributed by atoms with van der Waals surface area (Å²) in [5, 5.41) is 9.79. The molecule has 1 fully saturated rings. The lowest BCUT2D eigenvalue weighted by molar-refractivity contribution is -0.137. The van der Waals surface area contributed by atoms with Crippen molar-refractivity contribution in [2.75, 3.05) is 19.8 Å². The van der Waals surface area contributed by atoms with E-state index in [0.717, 1.165) is 19.3 Å². The van der Waals surface area contributed by atoms with Crippen LogP contribution in [0.15, 0.2) is 18.2 Å². The van der Waals surface area contributed by atoms with E-state index in [9.17, 15) is 4.79 Å². The molecule has 0 radical (unpaired) electrons. The number of ether oxygens (including phenoxy) is 1. The van der Waals surface area contributed by atoms with E-state index in [1.165, 1.54) is 0 Å². The molecule has 0 atom stereocenters. The van der Waals surface area contributed by atoms with E-state index in [0.29, 0.717) is 34.8 Å². The molecule has 2 rings (SSSR count). The fourth-order valence-corrected chi connectivity index (χ4v) is 2.53. The summed E-state index contributed by atoms with van der Waals surface area (Å²) in [7, 11) is 0. The summed E-state index contributed by atoms with van der Waals surface area (Å²) >= 11 is 11.7. The molecule has 0 unspecified atom stereocenters. The molecule has 0 aromatic heterocycles. The molecule has 1 aliphatic rings. The van der Waals surface area contributed by atoms with Gasteiger partial charge in [-0.1, -0.05) is 23.2 Å². The smallest absolute Gasteiger partial charge is 0.260 e. The minimum Gasteiger partial charge on any atom is -0.484 e. The Morgan fingerprint density at radius 3 is 2.67 bits per heavy atom. The molecule has 4 nitrogen and oxygen atoms in total. The second-order valence-corrected chi connectivity index (χ2v) is 5.93. The van der Waals surface area contributed by atoms with Gasteiger partial charge in [0.1, 0.15) is 5.75 Å². The van der Waals surface area contributed by atoms with Crippen LogP contribution in [0.4, 0.5) is 0 Å². The van der Waals surface area contributed by atoms with Crippen molar-refractivity contribution in [3.63, 3.8) is 0 Å². The number of hydrogen-bond donors (Lipinski definition) is 1. The van der Waals surface area contributed by atoms with Crippen molar-refractivity contribution in [2.45, 2.75) is 31.7 Å². The Labute approximate surface area is 134 Å². The van der Waals surface area contributed by atoms with Crippen LogP contribution in [0.25, 0.3) is 0 Å². The maximum atomic E-state index is 12.3. The average molecular weight is 332 g/mol. The van der Waals surface area contributed by atoms with Crippen LogP contribution in [0.5, 0.6) is 5.75 Å². The topological polar surface area (TPSA) is 49.8 Å². The molecule has 0 heterocycles. The normalized spacial score (nSPS) is 14.6. The Morgan fingerprint density at radius 2 is 2.10 bits per heavy atom. The molecule has 1 saturated carbocycles. The molecule has 1 aliphatic carbocycles. The molecule has 116 valence electrons. The number of rotatable bonds is 7. The fraction of sp³-hybridized carbons (Fsp3) is 0.533. The third-order valence-electron chi connectivity index (χ3n) is 3.65. The van der Waals surface area contributed by atoms with E-state index in [4.69, 9.17) is 33.0 Å². The van der Waals surface area contributed by atoms with Crippen molar-refractivity contribution in [3.05, 3.63) is 28.2 Å². The van der Waals surface area contributed by atoms with E-state index in [2.05, 4.69) is 0 Å². The number of amides is 1. The van der Waals surface area contributed by atoms with Crippen molar-refractivity contribution >= 4 is 29.1 Å². The van der Waals surface area contributed by atoms with Crippen LogP contribution >= 0.6 is 23.2 Å². The summed E-state index contributed by atoms with van der Waals surface area (Å²) in [6.45, 7) is 0.634. The SMILES string of the molecule is O=C(COc1ccc(Cl)c(Cl)c1)N(CCCO)C1CCC1. The Bertz CT molecular complexity index is 492. The molecule has 0 aliphatic heterocycles. The summed E-state index contributed by atoms with van der Waals surface area (Å²) in [5.41, 5.74) is 0. The van der Waals surface area contributed by atoms with Crippen molar-refractivity contribution in [3.8, 4) is 5.75 Å². The highest BCUT2D eigenvalue weighted by atomic mass is 35.5. The standard InChI is InChI=1S/C15H19Cl2NO3/c16-13-6-5-12(9-14(13)17)21-10-15(20)18(7-2-8-19)11-3-1-4-11/h5-6,9,11,19H,1-4,7-8,10H2. The summed E-state index contributed by atoms with van der Waals surface area (Å²) in [4.78, 5) is 14.1. The first-order chi connectivity index (χ1) is 10.1. The third-order valence-corrected chi connectivity index (χ3v) is 4.39. The van der Waals surface area contributed by atoms with Crippen molar-refractivity contribution in [1.82, 2.24) is 4.90 Å². The zero-order valence-corrected chi connectivity index (χ0v) is 13.2. The van der Waals surface area contributed by atoms with Gasteiger partial charge in [0.15, 0.2) is 6.61 Å². The van der Waals surface area contributed by atoms with Gasteiger partial charge in [-0.05, 0) is 37.8 Å². The van der Waals surface area contributed by atoms with Gasteiger partial charge in [0.2, 0.25) is 0 Å². The van der Waals surface area contributed by atoms with Gasteiger partial charge in [0.25, 0.3) is 5.91 Å². The number of hydrogen-bond acceptors (Lipinski definition) is 3. The predicted molar refractivity (Wildman–Crippen MR) is 83.0 cm³/mol. The number of aliphatic hydroxyl groups is 1. The summed E-state index contributed by atoms with van der Waals surface area (Å²) < 4.78 is 5.49. The number of nitrogens with zero attached hydrogens (tertiary/aromatic N) is 1. The first kappa shape index (κ1) is 16.4. The van der Waals surface area contributed by atoms with Gasteiger partial charge < -0.3 is 14.7 Å². The molecular formula is C15H19Cl2NO3. The third kappa shape index (κ3) is 4.50. The van der Waals surface area contributed by atoms with Crippen LogP contribution in [0.3, 0.4) is 0 Å². The minimum atomic E-state index is -0.0563. The van der Waals surface area contributed by atoms with Gasteiger partial charge in [-0.2, -0.15) is 0 Å². The highest BCUT2D eigenvalue weighted by Crippen LogP contribution is 2.27. The zero-order chi connectivity index (χ0) is 15.2. The highest BCUT2D eigenvalue weighted by Gasteiger charge is 2.28. The first-order valence-electron chi connectivity index (χ1n) is 7.10. The molecule has 1 aromatic carbocycles. The second-order valence-electron chi connectivity index (χ2n) is 5.11. The van der Waals surface area contributed by atoms with Crippen molar-refractivity contribution < 1.29 is 14.6 Å². The van der Waals surface area contributed by atoms with Crippen LogP contribution in [-0.2, 0) is 4.79 Å². The van der Waals surface area contributed by atoms with Crippen LogP contribution in [0.2, 0.25) is 10.0 Å². The summed E-state index contributed by atoms with van der Waals surface area (Å²) in [6, 6.07) is 5.21. The maximum Gasteiger partial charge on any atom is 0.260 e. The number of carbonyl (C=O) groups excluding carboxylic acids is 1. The lowest BCUT2D eigenvalue weighted by Crippen LogP contribution is -2.46. The molecule has 0 saturated heterocycles. The van der Waals surface area contributed by atoms with Crippen molar-refractivity contribution in [1.29, 1.82) is 0 Å². The number of benzene rings is 1. The molecule has 6 heteroatoms. The van der Waals surface area contributed by atoms with Gasteiger partial charge in [0.05, 0.1) is 10.0 Å². The molecule has 21 heavy (non-hydrogen) atoms. The van der Waals surface area contributed by atoms with Crippen LogP contribution in [-0.4, -0.2) is 41.7 Å². The highest BCUT2D eigenvalue weighted by molar-refractivity contribution is 6.42. The van der Waals surface area contributed by atoms with Gasteiger partial charge in [-0.25, -0.2) is 0 Å². The summed E-state index contributed by atoms with van der Waals surface area (Å²) in [5.74, 6) is 0.465. The van der Waals surface area contributed by atoms with Gasteiger partial charge >= 0.3 is 0 Å². The summed E-state index contributed by atoms with van der Waals surface area (Å²) in [6.07, 6.45) is 3.81. The zero-order valence-electron chi connectivity index (χ0n) is 11.7. The van der Waals surface area contributed by atoms with E-state index >= 15 is 0 Å². The van der Waals surface area contributed by atoms with Gasteiger partial charge in [-0.3, -0.25) is 4.79 Å². The molecule has 0 spiro atoms. The average Bonchev–Trinajstić information content (AvgIpc) is 2.42. The molecule has 1 amide bonds.